The number of rotatable bonds is 7. The number of aryl methyl sites for hydroxylation is 1. The van der Waals surface area contributed by atoms with Crippen molar-refractivity contribution in [2.24, 2.45) is 5.92 Å². The molecule has 0 radical (unpaired) electrons. The molecule has 0 spiro atoms. The van der Waals surface area contributed by atoms with Crippen molar-refractivity contribution < 1.29 is 18.3 Å². The van der Waals surface area contributed by atoms with Crippen LogP contribution < -0.4 is 0 Å². The van der Waals surface area contributed by atoms with E-state index in [0.29, 0.717) is 25.6 Å². The smallest absolute Gasteiger partial charge is 0.256 e. The number of ether oxygens (including phenoxy) is 1. The Balaban J connectivity index is 1.39. The van der Waals surface area contributed by atoms with Crippen molar-refractivity contribution in [3.8, 4) is 0 Å². The van der Waals surface area contributed by atoms with Gasteiger partial charge in [0.05, 0.1) is 11.7 Å². The zero-order valence-electron chi connectivity index (χ0n) is 18.7. The van der Waals surface area contributed by atoms with Crippen molar-refractivity contribution in [3.63, 3.8) is 0 Å². The summed E-state index contributed by atoms with van der Waals surface area (Å²) in [6.45, 7) is 6.78. The molecule has 4 rings (SSSR count). The summed E-state index contributed by atoms with van der Waals surface area (Å²) in [5.74, 6) is -1.50. The highest BCUT2D eigenvalue weighted by Gasteiger charge is 2.29. The molecule has 172 valence electrons. The fourth-order valence-corrected chi connectivity index (χ4v) is 4.77. The van der Waals surface area contributed by atoms with Crippen LogP contribution in [0, 0.1) is 24.5 Å². The fraction of sp³-hybridized carbons (Fsp3) is 0.500. The van der Waals surface area contributed by atoms with Gasteiger partial charge in [-0.3, -0.25) is 9.69 Å². The molecule has 2 aromatic rings. The third-order valence-electron chi connectivity index (χ3n) is 6.74. The molecule has 0 saturated carbocycles. The molecule has 0 bridgehead atoms. The van der Waals surface area contributed by atoms with E-state index in [-0.39, 0.29) is 17.6 Å². The van der Waals surface area contributed by atoms with E-state index < -0.39 is 11.6 Å². The van der Waals surface area contributed by atoms with Crippen molar-refractivity contribution in [2.75, 3.05) is 32.8 Å². The van der Waals surface area contributed by atoms with Gasteiger partial charge in [-0.1, -0.05) is 24.3 Å². The first kappa shape index (κ1) is 22.9. The Morgan fingerprint density at radius 3 is 2.56 bits per heavy atom. The largest absolute Gasteiger partial charge is 0.376 e. The molecule has 2 aliphatic rings. The number of benzene rings is 2. The third kappa shape index (κ3) is 5.73. The molecular formula is C26H32F2N2O2. The summed E-state index contributed by atoms with van der Waals surface area (Å²) in [6, 6.07) is 11.6. The molecule has 2 saturated heterocycles. The summed E-state index contributed by atoms with van der Waals surface area (Å²) >= 11 is 0. The van der Waals surface area contributed by atoms with Gasteiger partial charge in [0.1, 0.15) is 11.6 Å². The van der Waals surface area contributed by atoms with Crippen molar-refractivity contribution in [1.29, 1.82) is 0 Å². The minimum absolute atomic E-state index is 0.0106. The van der Waals surface area contributed by atoms with Crippen LogP contribution in [0.4, 0.5) is 8.78 Å². The van der Waals surface area contributed by atoms with Crippen molar-refractivity contribution in [3.05, 3.63) is 70.8 Å². The minimum Gasteiger partial charge on any atom is -0.376 e. The Hall–Kier alpha value is -2.31. The Kier molecular flexibility index (Phi) is 7.53. The van der Waals surface area contributed by atoms with Gasteiger partial charge in [0.2, 0.25) is 0 Å². The van der Waals surface area contributed by atoms with Crippen molar-refractivity contribution in [1.82, 2.24) is 9.80 Å². The first-order valence-electron chi connectivity index (χ1n) is 11.6. The van der Waals surface area contributed by atoms with E-state index in [9.17, 15) is 13.6 Å². The summed E-state index contributed by atoms with van der Waals surface area (Å²) in [7, 11) is 0. The average molecular weight is 443 g/mol. The number of amides is 1. The highest BCUT2D eigenvalue weighted by Crippen LogP contribution is 2.24. The molecule has 0 N–H and O–H groups in total. The molecule has 1 amide bonds. The van der Waals surface area contributed by atoms with Gasteiger partial charge in [-0.25, -0.2) is 8.78 Å². The molecule has 0 unspecified atom stereocenters. The molecule has 2 heterocycles. The molecule has 2 aliphatic heterocycles. The minimum atomic E-state index is -0.805. The van der Waals surface area contributed by atoms with Crippen LogP contribution in [0.3, 0.4) is 0 Å². The number of piperidine rings is 1. The quantitative estimate of drug-likeness (QED) is 0.617. The van der Waals surface area contributed by atoms with Crippen molar-refractivity contribution >= 4 is 5.91 Å². The predicted octanol–water partition coefficient (Wildman–Crippen LogP) is 4.81. The number of hydrogen-bond acceptors (Lipinski definition) is 3. The summed E-state index contributed by atoms with van der Waals surface area (Å²) in [4.78, 5) is 17.4. The molecule has 0 aliphatic carbocycles. The van der Waals surface area contributed by atoms with Crippen molar-refractivity contribution in [2.45, 2.75) is 45.3 Å². The molecule has 6 heteroatoms. The summed E-state index contributed by atoms with van der Waals surface area (Å²) in [5.41, 5.74) is 2.60. The molecule has 0 aromatic heterocycles. The first-order chi connectivity index (χ1) is 15.5. The van der Waals surface area contributed by atoms with Gasteiger partial charge in [0.15, 0.2) is 0 Å². The molecule has 1 atom stereocenters. The van der Waals surface area contributed by atoms with Gasteiger partial charge < -0.3 is 9.64 Å². The maximum atomic E-state index is 14.3. The van der Waals surface area contributed by atoms with E-state index in [1.807, 2.05) is 0 Å². The van der Waals surface area contributed by atoms with E-state index in [0.717, 1.165) is 57.5 Å². The van der Waals surface area contributed by atoms with Crippen LogP contribution in [0.15, 0.2) is 42.5 Å². The first-order valence-corrected chi connectivity index (χ1v) is 11.6. The van der Waals surface area contributed by atoms with Gasteiger partial charge in [0, 0.05) is 32.3 Å². The lowest BCUT2D eigenvalue weighted by molar-refractivity contribution is 0.0441. The van der Waals surface area contributed by atoms with Gasteiger partial charge in [-0.2, -0.15) is 0 Å². The second-order valence-electron chi connectivity index (χ2n) is 9.12. The van der Waals surface area contributed by atoms with E-state index in [2.05, 4.69) is 36.1 Å². The maximum Gasteiger partial charge on any atom is 0.256 e. The predicted molar refractivity (Wildman–Crippen MR) is 120 cm³/mol. The molecular weight excluding hydrogens is 410 g/mol. The number of carbonyl (C=O) groups excluding carboxylic acids is 1. The Bertz CT molecular complexity index is 922. The monoisotopic (exact) mass is 442 g/mol. The highest BCUT2D eigenvalue weighted by molar-refractivity contribution is 5.94. The van der Waals surface area contributed by atoms with Gasteiger partial charge in [-0.15, -0.1) is 0 Å². The average Bonchev–Trinajstić information content (AvgIpc) is 3.29. The number of hydrogen-bond donors (Lipinski definition) is 0. The number of nitrogens with zero attached hydrogens (tertiary/aromatic N) is 2. The number of carbonyl (C=O) groups is 1. The molecule has 2 aromatic carbocycles. The van der Waals surface area contributed by atoms with Gasteiger partial charge in [-0.05, 0) is 74.9 Å². The summed E-state index contributed by atoms with van der Waals surface area (Å²) < 4.78 is 33.4. The Morgan fingerprint density at radius 1 is 1.09 bits per heavy atom. The lowest BCUT2D eigenvalue weighted by Gasteiger charge is -2.36. The van der Waals surface area contributed by atoms with Crippen LogP contribution in [0.5, 0.6) is 0 Å². The Labute approximate surface area is 189 Å². The number of halogens is 2. The number of likely N-dealkylation sites (tertiary alicyclic amines) is 1. The van der Waals surface area contributed by atoms with Crippen LogP contribution in [0.1, 0.15) is 47.2 Å². The second-order valence-corrected chi connectivity index (χ2v) is 9.12. The second kappa shape index (κ2) is 10.5. The van der Waals surface area contributed by atoms with Crippen LogP contribution >= 0.6 is 0 Å². The van der Waals surface area contributed by atoms with Gasteiger partial charge in [0.25, 0.3) is 5.91 Å². The third-order valence-corrected chi connectivity index (χ3v) is 6.74. The lowest BCUT2D eigenvalue weighted by Crippen LogP contribution is -2.43. The maximum absolute atomic E-state index is 14.3. The van der Waals surface area contributed by atoms with Gasteiger partial charge >= 0.3 is 0 Å². The highest BCUT2D eigenvalue weighted by atomic mass is 19.1. The summed E-state index contributed by atoms with van der Waals surface area (Å²) in [6.07, 6.45) is 3.86. The van der Waals surface area contributed by atoms with E-state index in [4.69, 9.17) is 4.74 Å². The van der Waals surface area contributed by atoms with Crippen LogP contribution in [0.2, 0.25) is 0 Å². The fourth-order valence-electron chi connectivity index (χ4n) is 4.77. The Morgan fingerprint density at radius 2 is 1.88 bits per heavy atom. The van der Waals surface area contributed by atoms with E-state index >= 15 is 0 Å². The molecule has 2 fully saturated rings. The molecule has 4 nitrogen and oxygen atoms in total. The SMILES string of the molecule is Cc1ccccc1CN1CCC(CN(C[C@@H]2CCCO2)C(=O)c2ccc(F)cc2F)CC1. The van der Waals surface area contributed by atoms with Crippen LogP contribution in [0.25, 0.3) is 0 Å². The van der Waals surface area contributed by atoms with E-state index in [1.165, 1.54) is 17.2 Å². The lowest BCUT2D eigenvalue weighted by atomic mass is 9.95. The standard InChI is InChI=1S/C26H32F2N2O2/c1-19-5-2-3-6-21(19)17-29-12-10-20(11-13-29)16-30(18-23-7-4-14-32-23)26(31)24-9-8-22(27)15-25(24)28/h2-3,5-6,8-9,15,20,23H,4,7,10-14,16-18H2,1H3/t23-/m0/s1. The van der Waals surface area contributed by atoms with Crippen LogP contribution in [-0.2, 0) is 11.3 Å². The molecule has 32 heavy (non-hydrogen) atoms. The topological polar surface area (TPSA) is 32.8 Å². The zero-order chi connectivity index (χ0) is 22.5. The summed E-state index contributed by atoms with van der Waals surface area (Å²) in [5, 5.41) is 0. The van der Waals surface area contributed by atoms with E-state index in [1.54, 1.807) is 4.90 Å². The zero-order valence-corrected chi connectivity index (χ0v) is 18.7. The van der Waals surface area contributed by atoms with Crippen LogP contribution in [-0.4, -0.2) is 54.6 Å². The normalized spacial score (nSPS) is 19.9.